The van der Waals surface area contributed by atoms with Crippen LogP contribution in [0.25, 0.3) is 0 Å². The van der Waals surface area contributed by atoms with Gasteiger partial charge in [-0.15, -0.1) is 0 Å². The van der Waals surface area contributed by atoms with E-state index in [1.165, 1.54) is 19.3 Å². The summed E-state index contributed by atoms with van der Waals surface area (Å²) in [7, 11) is 0. The molecule has 2 aliphatic rings. The van der Waals surface area contributed by atoms with Crippen LogP contribution >= 0.6 is 0 Å². The largest absolute Gasteiger partial charge is 0.343 e. The minimum absolute atomic E-state index is 0.0800. The standard InChI is InChI=1S/C12H21NO/c1-3-13(4-2)11(14)12-7-5-10(9-12)6-8-12/h10H,3-9H2,1-2H3. The molecule has 0 radical (unpaired) electrons. The third kappa shape index (κ3) is 1.35. The van der Waals surface area contributed by atoms with E-state index in [1.807, 2.05) is 4.90 Å². The lowest BCUT2D eigenvalue weighted by Gasteiger charge is -2.31. The fraction of sp³-hybridized carbons (Fsp3) is 0.917. The Hall–Kier alpha value is -0.530. The second-order valence-electron chi connectivity index (χ2n) is 4.91. The van der Waals surface area contributed by atoms with Gasteiger partial charge in [-0.3, -0.25) is 4.79 Å². The molecule has 2 saturated carbocycles. The SMILES string of the molecule is CCN(CC)C(=O)C12CCC(CC1)C2. The van der Waals surface area contributed by atoms with Gasteiger partial charge < -0.3 is 4.90 Å². The van der Waals surface area contributed by atoms with Crippen molar-refractivity contribution in [2.24, 2.45) is 11.3 Å². The number of carbonyl (C=O) groups excluding carboxylic acids is 1. The van der Waals surface area contributed by atoms with Gasteiger partial charge in [-0.25, -0.2) is 0 Å². The van der Waals surface area contributed by atoms with Crippen molar-refractivity contribution in [3.8, 4) is 0 Å². The van der Waals surface area contributed by atoms with Gasteiger partial charge in [0, 0.05) is 18.5 Å². The first-order valence-electron chi connectivity index (χ1n) is 6.01. The van der Waals surface area contributed by atoms with E-state index in [4.69, 9.17) is 0 Å². The molecule has 0 aliphatic heterocycles. The Labute approximate surface area is 86.7 Å². The maximum absolute atomic E-state index is 12.3. The van der Waals surface area contributed by atoms with Crippen molar-refractivity contribution < 1.29 is 4.79 Å². The summed E-state index contributed by atoms with van der Waals surface area (Å²) in [5.74, 6) is 1.32. The van der Waals surface area contributed by atoms with Crippen LogP contribution in [-0.4, -0.2) is 23.9 Å². The van der Waals surface area contributed by atoms with Crippen molar-refractivity contribution in [2.75, 3.05) is 13.1 Å². The Kier molecular flexibility index (Phi) is 2.54. The van der Waals surface area contributed by atoms with Crippen LogP contribution in [-0.2, 0) is 4.79 Å². The first-order valence-corrected chi connectivity index (χ1v) is 6.01. The van der Waals surface area contributed by atoms with E-state index in [0.29, 0.717) is 5.91 Å². The predicted molar refractivity (Wildman–Crippen MR) is 56.9 cm³/mol. The van der Waals surface area contributed by atoms with E-state index < -0.39 is 0 Å². The average Bonchev–Trinajstić information content (AvgIpc) is 2.80. The quantitative estimate of drug-likeness (QED) is 0.677. The zero-order valence-corrected chi connectivity index (χ0v) is 9.38. The molecule has 0 saturated heterocycles. The maximum atomic E-state index is 12.3. The highest BCUT2D eigenvalue weighted by molar-refractivity contribution is 5.83. The molecule has 14 heavy (non-hydrogen) atoms. The van der Waals surface area contributed by atoms with Gasteiger partial charge >= 0.3 is 0 Å². The zero-order chi connectivity index (χ0) is 10.2. The molecule has 2 heteroatoms. The minimum atomic E-state index is 0.0800. The Bertz CT molecular complexity index is 224. The summed E-state index contributed by atoms with van der Waals surface area (Å²) in [5, 5.41) is 0. The predicted octanol–water partition coefficient (Wildman–Crippen LogP) is 2.44. The summed E-state index contributed by atoms with van der Waals surface area (Å²) in [6.45, 7) is 5.92. The average molecular weight is 195 g/mol. The van der Waals surface area contributed by atoms with Gasteiger partial charge in [-0.2, -0.15) is 0 Å². The summed E-state index contributed by atoms with van der Waals surface area (Å²) in [4.78, 5) is 14.3. The molecule has 2 nitrogen and oxygen atoms in total. The molecule has 2 aliphatic carbocycles. The van der Waals surface area contributed by atoms with Gasteiger partial charge in [-0.05, 0) is 51.9 Å². The normalized spacial score (nSPS) is 34.9. The molecule has 0 spiro atoms. The Morgan fingerprint density at radius 1 is 1.29 bits per heavy atom. The maximum Gasteiger partial charge on any atom is 0.228 e. The summed E-state index contributed by atoms with van der Waals surface area (Å²) < 4.78 is 0. The van der Waals surface area contributed by atoms with Crippen molar-refractivity contribution in [2.45, 2.75) is 46.0 Å². The highest BCUT2D eigenvalue weighted by atomic mass is 16.2. The van der Waals surface area contributed by atoms with Crippen molar-refractivity contribution in [1.29, 1.82) is 0 Å². The van der Waals surface area contributed by atoms with Crippen molar-refractivity contribution >= 4 is 5.91 Å². The third-order valence-corrected chi connectivity index (χ3v) is 4.25. The Balaban J connectivity index is 2.10. The van der Waals surface area contributed by atoms with E-state index in [-0.39, 0.29) is 5.41 Å². The van der Waals surface area contributed by atoms with Gasteiger partial charge in [0.25, 0.3) is 0 Å². The van der Waals surface area contributed by atoms with Crippen molar-refractivity contribution in [1.82, 2.24) is 4.90 Å². The first-order chi connectivity index (χ1) is 6.72. The number of carbonyl (C=O) groups is 1. The number of rotatable bonds is 3. The highest BCUT2D eigenvalue weighted by Gasteiger charge is 2.50. The topological polar surface area (TPSA) is 20.3 Å². The smallest absolute Gasteiger partial charge is 0.228 e. The second kappa shape index (κ2) is 3.56. The van der Waals surface area contributed by atoms with E-state index in [9.17, 15) is 4.79 Å². The van der Waals surface area contributed by atoms with Crippen LogP contribution in [0.5, 0.6) is 0 Å². The van der Waals surface area contributed by atoms with Crippen LogP contribution in [0, 0.1) is 11.3 Å². The summed E-state index contributed by atoms with van der Waals surface area (Å²) in [5.41, 5.74) is 0.0800. The molecule has 0 aromatic carbocycles. The van der Waals surface area contributed by atoms with Gasteiger partial charge in [-0.1, -0.05) is 0 Å². The van der Waals surface area contributed by atoms with Crippen molar-refractivity contribution in [3.05, 3.63) is 0 Å². The van der Waals surface area contributed by atoms with Gasteiger partial charge in [0.2, 0.25) is 5.91 Å². The minimum Gasteiger partial charge on any atom is -0.343 e. The molecule has 0 heterocycles. The molecule has 0 aromatic heterocycles. The van der Waals surface area contributed by atoms with Gasteiger partial charge in [0.15, 0.2) is 0 Å². The zero-order valence-electron chi connectivity index (χ0n) is 9.38. The molecular formula is C12H21NO. The first kappa shape index (κ1) is 10.0. The molecule has 0 N–H and O–H groups in total. The van der Waals surface area contributed by atoms with Crippen LogP contribution in [0.1, 0.15) is 46.0 Å². The lowest BCUT2D eigenvalue weighted by Crippen LogP contribution is -2.41. The van der Waals surface area contributed by atoms with Crippen LogP contribution in [0.2, 0.25) is 0 Å². The number of fused-ring (bicyclic) bond motifs is 2. The number of hydrogen-bond acceptors (Lipinski definition) is 1. The Morgan fingerprint density at radius 3 is 2.21 bits per heavy atom. The number of hydrogen-bond donors (Lipinski definition) is 0. The van der Waals surface area contributed by atoms with Gasteiger partial charge in [0.05, 0.1) is 0 Å². The summed E-state index contributed by atoms with van der Waals surface area (Å²) in [6.07, 6.45) is 6.10. The molecule has 0 atom stereocenters. The van der Waals surface area contributed by atoms with Crippen LogP contribution in [0.4, 0.5) is 0 Å². The molecule has 2 rings (SSSR count). The monoisotopic (exact) mass is 195 g/mol. The Morgan fingerprint density at radius 2 is 1.86 bits per heavy atom. The molecule has 80 valence electrons. The lowest BCUT2D eigenvalue weighted by atomic mass is 9.83. The molecule has 1 amide bonds. The molecule has 2 bridgehead atoms. The molecular weight excluding hydrogens is 174 g/mol. The van der Waals surface area contributed by atoms with Gasteiger partial charge in [0.1, 0.15) is 0 Å². The number of nitrogens with zero attached hydrogens (tertiary/aromatic N) is 1. The van der Waals surface area contributed by atoms with E-state index in [0.717, 1.165) is 31.8 Å². The highest BCUT2D eigenvalue weighted by Crippen LogP contribution is 2.54. The van der Waals surface area contributed by atoms with Crippen LogP contribution in [0.3, 0.4) is 0 Å². The molecule has 2 fully saturated rings. The van der Waals surface area contributed by atoms with E-state index in [2.05, 4.69) is 13.8 Å². The lowest BCUT2D eigenvalue weighted by molar-refractivity contribution is -0.141. The third-order valence-electron chi connectivity index (χ3n) is 4.25. The fourth-order valence-corrected chi connectivity index (χ4v) is 3.34. The van der Waals surface area contributed by atoms with E-state index in [1.54, 1.807) is 0 Å². The summed E-state index contributed by atoms with van der Waals surface area (Å²) >= 11 is 0. The van der Waals surface area contributed by atoms with Crippen LogP contribution in [0.15, 0.2) is 0 Å². The van der Waals surface area contributed by atoms with Crippen molar-refractivity contribution in [3.63, 3.8) is 0 Å². The molecule has 0 unspecified atom stereocenters. The number of amides is 1. The van der Waals surface area contributed by atoms with E-state index >= 15 is 0 Å². The fourth-order valence-electron chi connectivity index (χ4n) is 3.34. The second-order valence-corrected chi connectivity index (χ2v) is 4.91. The summed E-state index contributed by atoms with van der Waals surface area (Å²) in [6, 6.07) is 0. The molecule has 0 aromatic rings. The van der Waals surface area contributed by atoms with Crippen LogP contribution < -0.4 is 0 Å².